The topological polar surface area (TPSA) is 59.7 Å². The van der Waals surface area contributed by atoms with Gasteiger partial charge in [0.1, 0.15) is 5.76 Å². The van der Waals surface area contributed by atoms with Crippen LogP contribution in [0.15, 0.2) is 28.4 Å². The number of hydrogen-bond donors (Lipinski definition) is 1. The van der Waals surface area contributed by atoms with Crippen LogP contribution >= 0.6 is 0 Å². The van der Waals surface area contributed by atoms with E-state index in [-0.39, 0.29) is 0 Å². The van der Waals surface area contributed by atoms with Crippen molar-refractivity contribution in [3.8, 4) is 0 Å². The highest BCUT2D eigenvalue weighted by atomic mass is 16.5. The zero-order chi connectivity index (χ0) is 12.5. The lowest BCUT2D eigenvalue weighted by Gasteiger charge is -2.03. The molecule has 0 amide bonds. The van der Waals surface area contributed by atoms with Gasteiger partial charge in [0, 0.05) is 18.6 Å². The molecule has 1 aromatic rings. The summed E-state index contributed by atoms with van der Waals surface area (Å²) in [4.78, 5) is 11.0. The molecule has 0 aliphatic rings. The van der Waals surface area contributed by atoms with E-state index in [2.05, 4.69) is 6.92 Å². The van der Waals surface area contributed by atoms with Gasteiger partial charge in [0.25, 0.3) is 0 Å². The van der Waals surface area contributed by atoms with E-state index >= 15 is 0 Å². The molecule has 1 rings (SSSR count). The van der Waals surface area contributed by atoms with Gasteiger partial charge in [-0.05, 0) is 24.6 Å². The maximum Gasteiger partial charge on any atom is 0.331 e. The summed E-state index contributed by atoms with van der Waals surface area (Å²) in [6.45, 7) is 3.20. The standard InChI is InChI=1S/C13H18O4/c1-2-3-7-16-9-6-11(13(14)15)10-12-5-4-8-17-12/h4-5,8,10H,2-3,6-7,9H2,1H3,(H,14,15). The molecule has 0 fully saturated rings. The summed E-state index contributed by atoms with van der Waals surface area (Å²) in [7, 11) is 0. The number of unbranched alkanes of at least 4 members (excludes halogenated alkanes) is 1. The molecular formula is C13H18O4. The summed E-state index contributed by atoms with van der Waals surface area (Å²) in [6, 6.07) is 3.45. The SMILES string of the molecule is CCCCOCCC(=Cc1ccco1)C(=O)O. The monoisotopic (exact) mass is 238 g/mol. The predicted molar refractivity (Wildman–Crippen MR) is 64.7 cm³/mol. The second-order valence-electron chi connectivity index (χ2n) is 3.71. The molecule has 0 saturated carbocycles. The fourth-order valence-corrected chi connectivity index (χ4v) is 1.32. The largest absolute Gasteiger partial charge is 0.478 e. The van der Waals surface area contributed by atoms with Crippen LogP contribution in [-0.2, 0) is 9.53 Å². The number of carbonyl (C=O) groups is 1. The maximum absolute atomic E-state index is 11.0. The summed E-state index contributed by atoms with van der Waals surface area (Å²) in [5, 5.41) is 9.01. The Labute approximate surface area is 101 Å². The minimum absolute atomic E-state index is 0.302. The Balaban J connectivity index is 2.42. The molecule has 17 heavy (non-hydrogen) atoms. The van der Waals surface area contributed by atoms with Crippen LogP contribution in [0.1, 0.15) is 31.9 Å². The second kappa shape index (κ2) is 7.68. The van der Waals surface area contributed by atoms with Crippen LogP contribution in [-0.4, -0.2) is 24.3 Å². The first-order valence-electron chi connectivity index (χ1n) is 5.79. The van der Waals surface area contributed by atoms with Crippen molar-refractivity contribution in [1.29, 1.82) is 0 Å². The van der Waals surface area contributed by atoms with Crippen LogP contribution in [0.2, 0.25) is 0 Å². The third-order valence-corrected chi connectivity index (χ3v) is 2.29. The van der Waals surface area contributed by atoms with Crippen LogP contribution < -0.4 is 0 Å². The average molecular weight is 238 g/mol. The number of aliphatic carboxylic acids is 1. The molecule has 0 unspecified atom stereocenters. The third-order valence-electron chi connectivity index (χ3n) is 2.29. The minimum Gasteiger partial charge on any atom is -0.478 e. The maximum atomic E-state index is 11.0. The molecule has 1 heterocycles. The fourth-order valence-electron chi connectivity index (χ4n) is 1.32. The molecule has 1 N–H and O–H groups in total. The molecule has 94 valence electrons. The van der Waals surface area contributed by atoms with Crippen LogP contribution in [0.25, 0.3) is 6.08 Å². The Kier molecular flexibility index (Phi) is 6.10. The van der Waals surface area contributed by atoms with E-state index in [4.69, 9.17) is 14.3 Å². The third kappa shape index (κ3) is 5.36. The number of rotatable bonds is 8. The zero-order valence-corrected chi connectivity index (χ0v) is 10.0. The summed E-state index contributed by atoms with van der Waals surface area (Å²) in [5.74, 6) is -0.378. The van der Waals surface area contributed by atoms with Gasteiger partial charge in [0.2, 0.25) is 0 Å². The number of carboxylic acid groups (broad SMARTS) is 1. The van der Waals surface area contributed by atoms with Crippen LogP contribution in [0.4, 0.5) is 0 Å². The molecule has 4 heteroatoms. The number of carboxylic acids is 1. The molecule has 0 spiro atoms. The summed E-state index contributed by atoms with van der Waals surface area (Å²) in [5.41, 5.74) is 0.302. The number of hydrogen-bond acceptors (Lipinski definition) is 3. The lowest BCUT2D eigenvalue weighted by atomic mass is 10.1. The van der Waals surface area contributed by atoms with Gasteiger partial charge in [-0.15, -0.1) is 0 Å². The average Bonchev–Trinajstić information content (AvgIpc) is 2.79. The van der Waals surface area contributed by atoms with Crippen LogP contribution in [0, 0.1) is 0 Å². The second-order valence-corrected chi connectivity index (χ2v) is 3.71. The Morgan fingerprint density at radius 1 is 1.53 bits per heavy atom. The Hall–Kier alpha value is -1.55. The molecule has 0 aromatic carbocycles. The van der Waals surface area contributed by atoms with Gasteiger partial charge in [0.15, 0.2) is 0 Å². The highest BCUT2D eigenvalue weighted by molar-refractivity contribution is 5.91. The van der Waals surface area contributed by atoms with Gasteiger partial charge in [-0.3, -0.25) is 0 Å². The Morgan fingerprint density at radius 3 is 2.94 bits per heavy atom. The molecular weight excluding hydrogens is 220 g/mol. The van der Waals surface area contributed by atoms with Gasteiger partial charge in [-0.1, -0.05) is 13.3 Å². The summed E-state index contributed by atoms with van der Waals surface area (Å²) < 4.78 is 10.4. The lowest BCUT2D eigenvalue weighted by Crippen LogP contribution is -2.05. The van der Waals surface area contributed by atoms with Gasteiger partial charge >= 0.3 is 5.97 Å². The molecule has 0 aliphatic heterocycles. The summed E-state index contributed by atoms with van der Waals surface area (Å²) >= 11 is 0. The van der Waals surface area contributed by atoms with E-state index in [0.29, 0.717) is 31.0 Å². The van der Waals surface area contributed by atoms with Crippen molar-refractivity contribution in [2.24, 2.45) is 0 Å². The molecule has 0 radical (unpaired) electrons. The lowest BCUT2D eigenvalue weighted by molar-refractivity contribution is -0.132. The van der Waals surface area contributed by atoms with E-state index in [1.807, 2.05) is 0 Å². The van der Waals surface area contributed by atoms with E-state index < -0.39 is 5.97 Å². The smallest absolute Gasteiger partial charge is 0.331 e. The van der Waals surface area contributed by atoms with E-state index in [9.17, 15) is 4.79 Å². The molecule has 0 atom stereocenters. The first kappa shape index (κ1) is 13.5. The van der Waals surface area contributed by atoms with Gasteiger partial charge in [-0.25, -0.2) is 4.79 Å². The molecule has 0 bridgehead atoms. The number of furan rings is 1. The van der Waals surface area contributed by atoms with Crippen molar-refractivity contribution in [1.82, 2.24) is 0 Å². The van der Waals surface area contributed by atoms with Crippen molar-refractivity contribution in [3.63, 3.8) is 0 Å². The first-order chi connectivity index (χ1) is 8.24. The van der Waals surface area contributed by atoms with Crippen molar-refractivity contribution in [2.45, 2.75) is 26.2 Å². The van der Waals surface area contributed by atoms with Gasteiger partial charge < -0.3 is 14.3 Å². The van der Waals surface area contributed by atoms with Gasteiger partial charge in [0.05, 0.1) is 12.9 Å². The highest BCUT2D eigenvalue weighted by Crippen LogP contribution is 2.11. The van der Waals surface area contributed by atoms with E-state index in [1.54, 1.807) is 12.1 Å². The fraction of sp³-hybridized carbons (Fsp3) is 0.462. The van der Waals surface area contributed by atoms with Crippen LogP contribution in [0.3, 0.4) is 0 Å². The molecule has 1 aromatic heterocycles. The van der Waals surface area contributed by atoms with Gasteiger partial charge in [-0.2, -0.15) is 0 Å². The number of ether oxygens (including phenoxy) is 1. The molecule has 0 aliphatic carbocycles. The minimum atomic E-state index is -0.930. The Bertz CT molecular complexity index is 352. The first-order valence-corrected chi connectivity index (χ1v) is 5.79. The predicted octanol–water partition coefficient (Wildman–Crippen LogP) is 2.95. The van der Waals surface area contributed by atoms with E-state index in [1.165, 1.54) is 12.3 Å². The molecule has 4 nitrogen and oxygen atoms in total. The van der Waals surface area contributed by atoms with Crippen molar-refractivity contribution in [2.75, 3.05) is 13.2 Å². The zero-order valence-electron chi connectivity index (χ0n) is 10.0. The quantitative estimate of drug-likeness (QED) is 0.558. The van der Waals surface area contributed by atoms with Crippen molar-refractivity contribution >= 4 is 12.0 Å². The normalized spacial score (nSPS) is 11.7. The Morgan fingerprint density at radius 2 is 2.35 bits per heavy atom. The summed E-state index contributed by atoms with van der Waals surface area (Å²) in [6.07, 6.45) is 5.52. The van der Waals surface area contributed by atoms with Crippen molar-refractivity contribution in [3.05, 3.63) is 29.7 Å². The van der Waals surface area contributed by atoms with E-state index in [0.717, 1.165) is 12.8 Å². The molecule has 0 saturated heterocycles. The highest BCUT2D eigenvalue weighted by Gasteiger charge is 2.08. The van der Waals surface area contributed by atoms with Crippen LogP contribution in [0.5, 0.6) is 0 Å². The van der Waals surface area contributed by atoms with Crippen molar-refractivity contribution < 1.29 is 19.1 Å².